The highest BCUT2D eigenvalue weighted by molar-refractivity contribution is 5.91. The number of rotatable bonds is 10. The summed E-state index contributed by atoms with van der Waals surface area (Å²) in [6.07, 6.45) is 7.19. The highest BCUT2D eigenvalue weighted by Crippen LogP contribution is 2.25. The highest BCUT2D eigenvalue weighted by Gasteiger charge is 2.13. The van der Waals surface area contributed by atoms with Crippen LogP contribution in [0.4, 0.5) is 8.78 Å². The fraction of sp³-hybridized carbons (Fsp3) is 0.321. The molecule has 0 atom stereocenters. The Bertz CT molecular complexity index is 1040. The van der Waals surface area contributed by atoms with Crippen molar-refractivity contribution in [1.82, 2.24) is 0 Å². The summed E-state index contributed by atoms with van der Waals surface area (Å²) in [5.74, 6) is -1.49. The predicted octanol–water partition coefficient (Wildman–Crippen LogP) is 7.93. The monoisotopic (exact) mass is 436 g/mol. The van der Waals surface area contributed by atoms with Gasteiger partial charge in [-0.1, -0.05) is 69.9 Å². The van der Waals surface area contributed by atoms with Gasteiger partial charge in [-0.15, -0.1) is 0 Å². The summed E-state index contributed by atoms with van der Waals surface area (Å²) in [7, 11) is 0. The van der Waals surface area contributed by atoms with Gasteiger partial charge >= 0.3 is 5.97 Å². The highest BCUT2D eigenvalue weighted by atomic mass is 19.1. The molecule has 0 saturated carbocycles. The molecule has 0 N–H and O–H groups in total. The second-order valence-corrected chi connectivity index (χ2v) is 8.06. The van der Waals surface area contributed by atoms with Gasteiger partial charge in [0.15, 0.2) is 11.6 Å². The third kappa shape index (κ3) is 6.25. The molecule has 0 aromatic heterocycles. The number of aryl methyl sites for hydroxylation is 2. The average Bonchev–Trinajstić information content (AvgIpc) is 2.81. The largest absolute Gasteiger partial charge is 0.420 e. The van der Waals surface area contributed by atoms with Crippen LogP contribution in [-0.4, -0.2) is 5.97 Å². The Labute approximate surface area is 189 Å². The van der Waals surface area contributed by atoms with Crippen LogP contribution in [0.25, 0.3) is 11.1 Å². The fourth-order valence-electron chi connectivity index (χ4n) is 3.65. The van der Waals surface area contributed by atoms with Gasteiger partial charge in [-0.25, -0.2) is 13.6 Å². The summed E-state index contributed by atoms with van der Waals surface area (Å²) in [4.78, 5) is 12.4. The minimum atomic E-state index is -0.635. The second kappa shape index (κ2) is 11.6. The normalized spacial score (nSPS) is 10.9. The Hall–Kier alpha value is -3.01. The lowest BCUT2D eigenvalue weighted by atomic mass is 9.99. The van der Waals surface area contributed by atoms with E-state index in [2.05, 4.69) is 6.92 Å². The van der Waals surface area contributed by atoms with Crippen molar-refractivity contribution in [3.05, 3.63) is 89.0 Å². The molecule has 4 heteroatoms. The van der Waals surface area contributed by atoms with E-state index in [1.165, 1.54) is 31.4 Å². The molecule has 3 aromatic carbocycles. The lowest BCUT2D eigenvalue weighted by Crippen LogP contribution is -2.09. The van der Waals surface area contributed by atoms with Gasteiger partial charge in [-0.2, -0.15) is 0 Å². The van der Waals surface area contributed by atoms with Crippen LogP contribution in [0.3, 0.4) is 0 Å². The summed E-state index contributed by atoms with van der Waals surface area (Å²) in [5, 5.41) is 0. The third-order valence-electron chi connectivity index (χ3n) is 5.66. The molecule has 0 spiro atoms. The molecule has 0 fully saturated rings. The van der Waals surface area contributed by atoms with E-state index in [0.29, 0.717) is 12.0 Å². The number of carbonyl (C=O) groups is 1. The lowest BCUT2D eigenvalue weighted by molar-refractivity contribution is 0.0728. The van der Waals surface area contributed by atoms with Crippen LogP contribution in [0.1, 0.15) is 67.4 Å². The lowest BCUT2D eigenvalue weighted by Gasteiger charge is -2.09. The van der Waals surface area contributed by atoms with Crippen LogP contribution in [0.2, 0.25) is 0 Å². The van der Waals surface area contributed by atoms with E-state index in [1.54, 1.807) is 36.4 Å². The average molecular weight is 437 g/mol. The van der Waals surface area contributed by atoms with Crippen molar-refractivity contribution in [2.75, 3.05) is 0 Å². The zero-order chi connectivity index (χ0) is 22.9. The standard InChI is InChI=1S/C28H30F2O2/c1-3-5-6-7-8-9-22-13-16-24(19-25(22)29)21-11-14-23(15-12-21)28(31)32-27-17-10-20(4-2)18-26(27)30/h10-19H,3-9H2,1-2H3. The first-order chi connectivity index (χ1) is 15.5. The van der Waals surface area contributed by atoms with Crippen molar-refractivity contribution in [3.63, 3.8) is 0 Å². The number of hydrogen-bond donors (Lipinski definition) is 0. The molecule has 3 aromatic rings. The first-order valence-electron chi connectivity index (χ1n) is 11.4. The number of halogens is 2. The van der Waals surface area contributed by atoms with E-state index in [-0.39, 0.29) is 11.6 Å². The molecule has 3 rings (SSSR count). The van der Waals surface area contributed by atoms with Crippen molar-refractivity contribution in [2.24, 2.45) is 0 Å². The molecule has 0 aliphatic carbocycles. The minimum absolute atomic E-state index is 0.0939. The summed E-state index contributed by atoms with van der Waals surface area (Å²) in [6.45, 7) is 4.11. The van der Waals surface area contributed by atoms with Crippen LogP contribution < -0.4 is 4.74 Å². The number of ether oxygens (including phenoxy) is 1. The van der Waals surface area contributed by atoms with Crippen LogP contribution in [0.5, 0.6) is 5.75 Å². The van der Waals surface area contributed by atoms with Crippen molar-refractivity contribution >= 4 is 5.97 Å². The molecule has 0 unspecified atom stereocenters. The van der Waals surface area contributed by atoms with Crippen molar-refractivity contribution in [1.29, 1.82) is 0 Å². The summed E-state index contributed by atoms with van der Waals surface area (Å²) < 4.78 is 33.8. The minimum Gasteiger partial charge on any atom is -0.420 e. The van der Waals surface area contributed by atoms with Crippen molar-refractivity contribution in [2.45, 2.75) is 58.8 Å². The van der Waals surface area contributed by atoms with Crippen LogP contribution in [0, 0.1) is 11.6 Å². The predicted molar refractivity (Wildman–Crippen MR) is 125 cm³/mol. The van der Waals surface area contributed by atoms with E-state index in [0.717, 1.165) is 41.5 Å². The molecule has 0 bridgehead atoms. The van der Waals surface area contributed by atoms with Gasteiger partial charge in [0.05, 0.1) is 5.56 Å². The van der Waals surface area contributed by atoms with E-state index < -0.39 is 11.8 Å². The zero-order valence-electron chi connectivity index (χ0n) is 18.8. The third-order valence-corrected chi connectivity index (χ3v) is 5.66. The van der Waals surface area contributed by atoms with Gasteiger partial charge in [0.25, 0.3) is 0 Å². The number of esters is 1. The van der Waals surface area contributed by atoms with Gasteiger partial charge < -0.3 is 4.74 Å². The fourth-order valence-corrected chi connectivity index (χ4v) is 3.65. The number of carbonyl (C=O) groups excluding carboxylic acids is 1. The van der Waals surface area contributed by atoms with Gasteiger partial charge in [0.1, 0.15) is 5.82 Å². The van der Waals surface area contributed by atoms with Crippen LogP contribution in [-0.2, 0) is 12.8 Å². The Kier molecular flexibility index (Phi) is 8.55. The Morgan fingerprint density at radius 1 is 0.781 bits per heavy atom. The zero-order valence-corrected chi connectivity index (χ0v) is 18.8. The van der Waals surface area contributed by atoms with E-state index >= 15 is 0 Å². The van der Waals surface area contributed by atoms with Crippen LogP contribution in [0.15, 0.2) is 60.7 Å². The van der Waals surface area contributed by atoms with Gasteiger partial charge in [-0.3, -0.25) is 0 Å². The maximum atomic E-state index is 14.5. The molecule has 168 valence electrons. The summed E-state index contributed by atoms with van der Waals surface area (Å²) in [5.41, 5.74) is 3.42. The maximum Gasteiger partial charge on any atom is 0.343 e. The molecule has 0 radical (unpaired) electrons. The van der Waals surface area contributed by atoms with Gasteiger partial charge in [0, 0.05) is 0 Å². The number of unbranched alkanes of at least 4 members (excludes halogenated alkanes) is 4. The molecule has 32 heavy (non-hydrogen) atoms. The second-order valence-electron chi connectivity index (χ2n) is 8.06. The van der Waals surface area contributed by atoms with E-state index in [4.69, 9.17) is 4.74 Å². The summed E-state index contributed by atoms with van der Waals surface area (Å²) >= 11 is 0. The molecule has 0 aliphatic rings. The molecular formula is C28H30F2O2. The van der Waals surface area contributed by atoms with Crippen LogP contribution >= 0.6 is 0 Å². The smallest absolute Gasteiger partial charge is 0.343 e. The molecule has 0 aliphatic heterocycles. The maximum absolute atomic E-state index is 14.5. The molecule has 0 saturated heterocycles. The quantitative estimate of drug-likeness (QED) is 0.183. The topological polar surface area (TPSA) is 26.3 Å². The van der Waals surface area contributed by atoms with Gasteiger partial charge in [-0.05, 0) is 71.8 Å². The summed E-state index contributed by atoms with van der Waals surface area (Å²) in [6, 6.07) is 16.6. The molecule has 0 amide bonds. The number of hydrogen-bond acceptors (Lipinski definition) is 2. The molecule has 0 heterocycles. The first kappa shape index (κ1) is 23.6. The molecule has 2 nitrogen and oxygen atoms in total. The van der Waals surface area contributed by atoms with Crippen molar-refractivity contribution in [3.8, 4) is 16.9 Å². The van der Waals surface area contributed by atoms with E-state index in [9.17, 15) is 13.6 Å². The first-order valence-corrected chi connectivity index (χ1v) is 11.4. The Morgan fingerprint density at radius 2 is 1.50 bits per heavy atom. The van der Waals surface area contributed by atoms with E-state index in [1.807, 2.05) is 19.1 Å². The van der Waals surface area contributed by atoms with Gasteiger partial charge in [0.2, 0.25) is 0 Å². The Balaban J connectivity index is 1.63. The Morgan fingerprint density at radius 3 is 2.16 bits per heavy atom. The molecular weight excluding hydrogens is 406 g/mol. The number of benzene rings is 3. The van der Waals surface area contributed by atoms with Crippen molar-refractivity contribution < 1.29 is 18.3 Å². The SMILES string of the molecule is CCCCCCCc1ccc(-c2ccc(C(=O)Oc3ccc(CC)cc3F)cc2)cc1F.